The molecule has 6 aliphatic rings. The average Bonchev–Trinajstić information content (AvgIpc) is 3.58. The van der Waals surface area contributed by atoms with E-state index in [1.807, 2.05) is 6.92 Å². The molecule has 2 heterocycles. The molecule has 0 aromatic rings. The minimum Gasteiger partial charge on any atom is -0.458 e. The number of carbonyl (C=O) groups excluding carboxylic acids is 1. The molecular formula is C38H64O12Si. The zero-order valence-corrected chi connectivity index (χ0v) is 32.7. The molecule has 0 bridgehead atoms. The normalized spacial score (nSPS) is 48.8. The number of rotatable bonds is 9. The fourth-order valence-electron chi connectivity index (χ4n) is 12.8. The van der Waals surface area contributed by atoms with Gasteiger partial charge in [-0.05, 0) is 73.1 Å². The average molecular weight is 741 g/mol. The second-order valence-corrected chi connectivity index (χ2v) is 23.7. The van der Waals surface area contributed by atoms with E-state index >= 15 is 0 Å². The Morgan fingerprint density at radius 1 is 0.922 bits per heavy atom. The zero-order valence-electron chi connectivity index (χ0n) is 31.7. The van der Waals surface area contributed by atoms with Crippen molar-refractivity contribution in [3.8, 4) is 0 Å². The summed E-state index contributed by atoms with van der Waals surface area (Å²) in [7, 11) is -2.57. The van der Waals surface area contributed by atoms with Gasteiger partial charge in [0.05, 0.1) is 41.0 Å². The highest BCUT2D eigenvalue weighted by Crippen LogP contribution is 2.71. The number of aliphatic hydroxyl groups is 7. The summed E-state index contributed by atoms with van der Waals surface area (Å²) in [4.78, 5) is 12.1. The van der Waals surface area contributed by atoms with Gasteiger partial charge in [-0.25, -0.2) is 4.79 Å². The van der Waals surface area contributed by atoms with E-state index in [1.165, 1.54) is 6.08 Å². The maximum absolute atomic E-state index is 13.1. The van der Waals surface area contributed by atoms with Gasteiger partial charge < -0.3 is 54.4 Å². The molecule has 0 aromatic carbocycles. The summed E-state index contributed by atoms with van der Waals surface area (Å²) in [6, 6.07) is 0. The Kier molecular flexibility index (Phi) is 10.6. The molecule has 0 spiro atoms. The minimum atomic E-state index is -2.57. The molecule has 0 unspecified atom stereocenters. The molecule has 4 aliphatic carbocycles. The molecule has 7 N–H and O–H groups in total. The lowest BCUT2D eigenvalue weighted by atomic mass is 9.40. The molecule has 2 aliphatic heterocycles. The van der Waals surface area contributed by atoms with Crippen LogP contribution in [0.4, 0.5) is 0 Å². The number of fused-ring (bicyclic) bond motifs is 5. The molecule has 6 rings (SSSR count). The maximum atomic E-state index is 13.1. The summed E-state index contributed by atoms with van der Waals surface area (Å²) in [5.41, 5.74) is -3.48. The van der Waals surface area contributed by atoms with E-state index in [-0.39, 0.29) is 61.4 Å². The molecular weight excluding hydrogens is 676 g/mol. The van der Waals surface area contributed by atoms with E-state index in [4.69, 9.17) is 18.6 Å². The number of carbonyl (C=O) groups is 1. The van der Waals surface area contributed by atoms with Crippen molar-refractivity contribution in [2.75, 3.05) is 13.2 Å². The van der Waals surface area contributed by atoms with Crippen LogP contribution in [0.3, 0.4) is 0 Å². The fourth-order valence-corrected chi connectivity index (χ4v) is 18.3. The van der Waals surface area contributed by atoms with Gasteiger partial charge in [0.15, 0.2) is 14.6 Å². The second kappa shape index (κ2) is 13.6. The zero-order chi connectivity index (χ0) is 37.6. The molecule has 51 heavy (non-hydrogen) atoms. The van der Waals surface area contributed by atoms with Crippen LogP contribution in [-0.2, 0) is 23.4 Å². The predicted molar refractivity (Wildman–Crippen MR) is 189 cm³/mol. The first-order valence-corrected chi connectivity index (χ1v) is 21.5. The van der Waals surface area contributed by atoms with Crippen LogP contribution in [-0.4, -0.2) is 123 Å². The molecule has 13 heteroatoms. The maximum Gasteiger partial charge on any atom is 0.331 e. The lowest BCUT2D eigenvalue weighted by molar-refractivity contribution is -0.341. The van der Waals surface area contributed by atoms with Crippen molar-refractivity contribution in [1.29, 1.82) is 0 Å². The van der Waals surface area contributed by atoms with Crippen LogP contribution in [0, 0.1) is 28.6 Å². The molecule has 12 nitrogen and oxygen atoms in total. The second-order valence-electron chi connectivity index (χ2n) is 18.3. The van der Waals surface area contributed by atoms with Gasteiger partial charge in [-0.3, -0.25) is 0 Å². The first-order chi connectivity index (χ1) is 23.7. The van der Waals surface area contributed by atoms with Crippen LogP contribution < -0.4 is 0 Å². The lowest BCUT2D eigenvalue weighted by Crippen LogP contribution is -2.76. The minimum absolute atomic E-state index is 0.00455. The van der Waals surface area contributed by atoms with Gasteiger partial charge in [0.25, 0.3) is 0 Å². The highest BCUT2D eigenvalue weighted by atomic mass is 28.4. The third-order valence-corrected chi connectivity index (χ3v) is 21.2. The van der Waals surface area contributed by atoms with Gasteiger partial charge in [0, 0.05) is 36.9 Å². The highest BCUT2D eigenvalue weighted by Gasteiger charge is 2.76. The quantitative estimate of drug-likeness (QED) is 0.104. The Balaban J connectivity index is 1.39. The van der Waals surface area contributed by atoms with Crippen molar-refractivity contribution >= 4 is 14.3 Å². The third kappa shape index (κ3) is 5.77. The molecule has 292 valence electrons. The Bertz CT molecular complexity index is 1320. The van der Waals surface area contributed by atoms with Crippen molar-refractivity contribution in [1.82, 2.24) is 0 Å². The van der Waals surface area contributed by atoms with Crippen LogP contribution in [0.1, 0.15) is 100 Å². The number of esters is 1. The van der Waals surface area contributed by atoms with Crippen LogP contribution >= 0.6 is 0 Å². The van der Waals surface area contributed by atoms with Crippen molar-refractivity contribution in [3.63, 3.8) is 0 Å². The van der Waals surface area contributed by atoms with E-state index in [9.17, 15) is 40.5 Å². The first-order valence-electron chi connectivity index (χ1n) is 19.4. The lowest BCUT2D eigenvalue weighted by Gasteiger charge is -2.69. The Morgan fingerprint density at radius 2 is 1.57 bits per heavy atom. The van der Waals surface area contributed by atoms with Gasteiger partial charge >= 0.3 is 5.97 Å². The van der Waals surface area contributed by atoms with E-state index in [0.717, 1.165) is 5.57 Å². The number of cyclic esters (lactones) is 1. The topological polar surface area (TPSA) is 196 Å². The van der Waals surface area contributed by atoms with Gasteiger partial charge in [0.1, 0.15) is 24.9 Å². The predicted octanol–water partition coefficient (Wildman–Crippen LogP) is 2.68. The summed E-state index contributed by atoms with van der Waals surface area (Å²) in [6.45, 7) is 16.8. The molecule has 0 radical (unpaired) electrons. The van der Waals surface area contributed by atoms with E-state index in [1.54, 1.807) is 6.92 Å². The number of hydrogen-bond acceptors (Lipinski definition) is 12. The summed E-state index contributed by atoms with van der Waals surface area (Å²) in [5.74, 6) is -1.74. The molecule has 4 saturated carbocycles. The molecule has 0 aromatic heterocycles. The first kappa shape index (κ1) is 39.7. The molecule has 5 fully saturated rings. The van der Waals surface area contributed by atoms with Crippen molar-refractivity contribution < 1.29 is 59.2 Å². The van der Waals surface area contributed by atoms with E-state index < -0.39 is 97.2 Å². The smallest absolute Gasteiger partial charge is 0.331 e. The van der Waals surface area contributed by atoms with Crippen LogP contribution in [0.5, 0.6) is 0 Å². The SMILES string of the molecule is CC(C)[Si](OC[C@@]12[C@H]3[C@H](O)C[C@]4(C)[C@@H](C5=CC(=O)OC5)CC[C@]4(O)[C@@H]3CC[C@]1(O)C[C@@H](O[C@@H]1O[C@@H](C)[C@H](O)[C@@H](O)[C@H]1O)C[C@H]2O)(C(C)C)C(C)C. The van der Waals surface area contributed by atoms with Gasteiger partial charge in [-0.2, -0.15) is 0 Å². The van der Waals surface area contributed by atoms with E-state index in [2.05, 4.69) is 41.5 Å². The summed E-state index contributed by atoms with van der Waals surface area (Å²) < 4.78 is 24.5. The molecule has 1 saturated heterocycles. The largest absolute Gasteiger partial charge is 0.458 e. The van der Waals surface area contributed by atoms with Gasteiger partial charge in [0.2, 0.25) is 0 Å². The van der Waals surface area contributed by atoms with Gasteiger partial charge in [-0.15, -0.1) is 0 Å². The Morgan fingerprint density at radius 3 is 2.16 bits per heavy atom. The summed E-state index contributed by atoms with van der Waals surface area (Å²) in [6.07, 6.45) is -5.96. The van der Waals surface area contributed by atoms with Crippen molar-refractivity contribution in [2.45, 2.75) is 177 Å². The van der Waals surface area contributed by atoms with Crippen LogP contribution in [0.25, 0.3) is 0 Å². The fraction of sp³-hybridized carbons (Fsp3) is 0.921. The third-order valence-electron chi connectivity index (χ3n) is 15.2. The summed E-state index contributed by atoms with van der Waals surface area (Å²) >= 11 is 0. The van der Waals surface area contributed by atoms with Gasteiger partial charge in [-0.1, -0.05) is 48.5 Å². The monoisotopic (exact) mass is 740 g/mol. The standard InChI is InChI=1S/C38H64O12Si/c1-19(2)51(20(3)4,21(5)6)48-18-37-28(40)14-24(50-34-33(44)32(43)31(42)22(7)49-34)15-36(37,45)11-9-26-30(37)27(39)16-35(8)25(10-12-38(26,35)46)23-13-29(41)47-17-23/h13,19-22,24-28,30-34,39-40,42-46H,9-12,14-18H2,1-8H3/t22-,24-,25+,26+,27+,28+,30+,31-,32+,33+,34-,35+,36-,37+,38-/m0/s1. The van der Waals surface area contributed by atoms with Crippen molar-refractivity contribution in [3.05, 3.63) is 11.6 Å². The van der Waals surface area contributed by atoms with Crippen molar-refractivity contribution in [2.24, 2.45) is 28.6 Å². The van der Waals surface area contributed by atoms with Crippen LogP contribution in [0.2, 0.25) is 16.6 Å². The number of hydrogen-bond donors (Lipinski definition) is 7. The Labute approximate surface area is 303 Å². The molecule has 0 amide bonds. The number of ether oxygens (including phenoxy) is 3. The van der Waals surface area contributed by atoms with E-state index in [0.29, 0.717) is 19.3 Å². The molecule has 15 atom stereocenters. The Hall–Kier alpha value is -0.973. The highest BCUT2D eigenvalue weighted by molar-refractivity contribution is 6.77. The summed E-state index contributed by atoms with van der Waals surface area (Å²) in [5, 5.41) is 82.5. The van der Waals surface area contributed by atoms with Crippen LogP contribution in [0.15, 0.2) is 11.6 Å². The number of aliphatic hydroxyl groups excluding tert-OH is 5.